The zero-order chi connectivity index (χ0) is 19.8. The molecule has 1 aromatic carbocycles. The van der Waals surface area contributed by atoms with Crippen LogP contribution in [0.25, 0.3) is 11.0 Å². The van der Waals surface area contributed by atoms with Crippen LogP contribution in [-0.2, 0) is 21.1 Å². The van der Waals surface area contributed by atoms with Gasteiger partial charge in [-0.05, 0) is 45.5 Å². The van der Waals surface area contributed by atoms with Crippen LogP contribution >= 0.6 is 0 Å². The first-order valence-corrected chi connectivity index (χ1v) is 11.1. The lowest BCUT2D eigenvalue weighted by atomic mass is 10.0. The number of hydrogen-bond donors (Lipinski definition) is 0. The molecule has 7 heteroatoms. The van der Waals surface area contributed by atoms with Gasteiger partial charge in [-0.15, -0.1) is 0 Å². The van der Waals surface area contributed by atoms with E-state index < -0.39 is 9.84 Å². The molecule has 1 saturated heterocycles. The minimum absolute atomic E-state index is 0.0418. The van der Waals surface area contributed by atoms with Gasteiger partial charge in [-0.1, -0.05) is 12.1 Å². The van der Waals surface area contributed by atoms with Crippen molar-refractivity contribution >= 4 is 26.7 Å². The van der Waals surface area contributed by atoms with E-state index in [1.54, 1.807) is 11.2 Å². The van der Waals surface area contributed by atoms with Crippen LogP contribution in [0.1, 0.15) is 23.1 Å². The summed E-state index contributed by atoms with van der Waals surface area (Å²) in [5.41, 5.74) is 3.91. The van der Waals surface area contributed by atoms with E-state index in [1.807, 2.05) is 45.0 Å². The molecule has 27 heavy (non-hydrogen) atoms. The second-order valence-electron chi connectivity index (χ2n) is 7.77. The highest BCUT2D eigenvalue weighted by molar-refractivity contribution is 7.91. The molecule has 1 amide bonds. The number of amides is 1. The van der Waals surface area contributed by atoms with Crippen LogP contribution in [0, 0.1) is 13.8 Å². The number of nitrogens with zero attached hydrogens (tertiary/aromatic N) is 2. The molecule has 1 aliphatic heterocycles. The summed E-state index contributed by atoms with van der Waals surface area (Å²) in [6, 6.07) is 3.80. The van der Waals surface area contributed by atoms with Gasteiger partial charge in [0.2, 0.25) is 5.91 Å². The maximum absolute atomic E-state index is 13.1. The summed E-state index contributed by atoms with van der Waals surface area (Å²) < 4.78 is 29.5. The Labute approximate surface area is 161 Å². The maximum Gasteiger partial charge on any atom is 0.227 e. The van der Waals surface area contributed by atoms with Crippen LogP contribution < -0.4 is 0 Å². The predicted octanol–water partition coefficient (Wildman–Crippen LogP) is 2.17. The summed E-state index contributed by atoms with van der Waals surface area (Å²) in [5, 5.41) is 0.957. The largest absolute Gasteiger partial charge is 0.464 e. The smallest absolute Gasteiger partial charge is 0.227 e. The maximum atomic E-state index is 13.1. The second-order valence-corrected chi connectivity index (χ2v) is 10.00. The lowest BCUT2D eigenvalue weighted by Crippen LogP contribution is -2.45. The Hall–Kier alpha value is -1.86. The number of fused-ring (bicyclic) bond motifs is 1. The number of rotatable bonds is 6. The van der Waals surface area contributed by atoms with Crippen LogP contribution in [0.3, 0.4) is 0 Å². The van der Waals surface area contributed by atoms with Crippen LogP contribution in [0.15, 0.2) is 22.8 Å². The summed E-state index contributed by atoms with van der Waals surface area (Å²) in [6.45, 7) is 5.28. The van der Waals surface area contributed by atoms with Crippen molar-refractivity contribution in [2.45, 2.75) is 32.7 Å². The molecule has 6 nitrogen and oxygen atoms in total. The summed E-state index contributed by atoms with van der Waals surface area (Å²) in [6.07, 6.45) is 2.40. The van der Waals surface area contributed by atoms with Gasteiger partial charge in [-0.3, -0.25) is 4.79 Å². The number of sulfone groups is 1. The Balaban J connectivity index is 1.83. The molecule has 148 valence electrons. The van der Waals surface area contributed by atoms with E-state index in [2.05, 4.69) is 0 Å². The Morgan fingerprint density at radius 1 is 1.22 bits per heavy atom. The standard InChI is InChI=1S/C20H28N2O4S/c1-14-5-6-18-16(12-26-20(18)15(14)2)11-19(23)22(9-8-21(3)4)17-7-10-27(24,25)13-17/h5-6,12,17H,7-11,13H2,1-4H3/t17-/m0/s1. The molecule has 1 aliphatic rings. The minimum Gasteiger partial charge on any atom is -0.464 e. The quantitative estimate of drug-likeness (QED) is 0.753. The summed E-state index contributed by atoms with van der Waals surface area (Å²) in [4.78, 5) is 16.8. The zero-order valence-corrected chi connectivity index (χ0v) is 17.3. The number of benzene rings is 1. The third-order valence-corrected chi connectivity index (χ3v) is 7.19. The van der Waals surface area contributed by atoms with Crippen LogP contribution in [0.5, 0.6) is 0 Å². The van der Waals surface area contributed by atoms with Gasteiger partial charge in [0.1, 0.15) is 5.58 Å². The number of aryl methyl sites for hydroxylation is 2. The van der Waals surface area contributed by atoms with E-state index in [-0.39, 0.29) is 29.9 Å². The average Bonchev–Trinajstić information content (AvgIpc) is 3.15. The highest BCUT2D eigenvalue weighted by Crippen LogP contribution is 2.27. The SMILES string of the molecule is Cc1ccc2c(CC(=O)N(CCN(C)C)[C@H]3CCS(=O)(=O)C3)coc2c1C. The van der Waals surface area contributed by atoms with E-state index in [0.29, 0.717) is 19.5 Å². The molecule has 3 rings (SSSR count). The minimum atomic E-state index is -3.05. The number of hydrogen-bond acceptors (Lipinski definition) is 5. The molecule has 0 unspecified atom stereocenters. The molecule has 1 atom stereocenters. The number of furan rings is 1. The molecular weight excluding hydrogens is 364 g/mol. The van der Waals surface area contributed by atoms with E-state index in [0.717, 1.165) is 27.7 Å². The highest BCUT2D eigenvalue weighted by atomic mass is 32.2. The van der Waals surface area contributed by atoms with Gasteiger partial charge in [0, 0.05) is 30.1 Å². The molecule has 0 N–H and O–H groups in total. The first-order valence-electron chi connectivity index (χ1n) is 9.29. The molecule has 0 radical (unpaired) electrons. The van der Waals surface area contributed by atoms with Crippen molar-refractivity contribution in [3.05, 3.63) is 35.1 Å². The van der Waals surface area contributed by atoms with Crippen molar-refractivity contribution in [3.8, 4) is 0 Å². The van der Waals surface area contributed by atoms with Gasteiger partial charge in [0.25, 0.3) is 0 Å². The molecule has 2 heterocycles. The average molecular weight is 393 g/mol. The van der Waals surface area contributed by atoms with E-state index in [4.69, 9.17) is 4.42 Å². The first-order chi connectivity index (χ1) is 12.7. The van der Waals surface area contributed by atoms with Gasteiger partial charge in [0.15, 0.2) is 9.84 Å². The van der Waals surface area contributed by atoms with Crippen molar-refractivity contribution in [2.24, 2.45) is 0 Å². The molecule has 0 spiro atoms. The fraction of sp³-hybridized carbons (Fsp3) is 0.550. The second kappa shape index (κ2) is 7.64. The van der Waals surface area contributed by atoms with Crippen molar-refractivity contribution in [3.63, 3.8) is 0 Å². The third-order valence-electron chi connectivity index (χ3n) is 5.44. The Morgan fingerprint density at radius 2 is 1.96 bits per heavy atom. The Kier molecular flexibility index (Phi) is 5.63. The Bertz CT molecular complexity index is 946. The van der Waals surface area contributed by atoms with Gasteiger partial charge < -0.3 is 14.2 Å². The normalized spacial score (nSPS) is 19.1. The highest BCUT2D eigenvalue weighted by Gasteiger charge is 2.34. The fourth-order valence-corrected chi connectivity index (χ4v) is 5.36. The predicted molar refractivity (Wildman–Crippen MR) is 107 cm³/mol. The van der Waals surface area contributed by atoms with Crippen LogP contribution in [0.2, 0.25) is 0 Å². The van der Waals surface area contributed by atoms with Crippen LogP contribution in [-0.4, -0.2) is 68.9 Å². The summed E-state index contributed by atoms with van der Waals surface area (Å²) in [5.74, 6) is 0.188. The van der Waals surface area contributed by atoms with Crippen molar-refractivity contribution in [2.75, 3.05) is 38.7 Å². The topological polar surface area (TPSA) is 70.8 Å². The third kappa shape index (κ3) is 4.35. The molecule has 0 bridgehead atoms. The number of likely N-dealkylation sites (N-methyl/N-ethyl adjacent to an activating group) is 1. The monoisotopic (exact) mass is 392 g/mol. The van der Waals surface area contributed by atoms with Gasteiger partial charge >= 0.3 is 0 Å². The summed E-state index contributed by atoms with van der Waals surface area (Å²) >= 11 is 0. The van der Waals surface area contributed by atoms with E-state index >= 15 is 0 Å². The number of carbonyl (C=O) groups is 1. The van der Waals surface area contributed by atoms with Crippen molar-refractivity contribution in [1.29, 1.82) is 0 Å². The molecule has 2 aromatic rings. The van der Waals surface area contributed by atoms with Gasteiger partial charge in [0.05, 0.1) is 24.2 Å². The molecular formula is C20H28N2O4S. The van der Waals surface area contributed by atoms with E-state index in [1.165, 1.54) is 0 Å². The molecule has 1 fully saturated rings. The molecule has 0 aliphatic carbocycles. The fourth-order valence-electron chi connectivity index (χ4n) is 3.63. The van der Waals surface area contributed by atoms with E-state index in [9.17, 15) is 13.2 Å². The number of carbonyl (C=O) groups excluding carboxylic acids is 1. The van der Waals surface area contributed by atoms with Crippen LogP contribution in [0.4, 0.5) is 0 Å². The van der Waals surface area contributed by atoms with Crippen molar-refractivity contribution < 1.29 is 17.6 Å². The lowest BCUT2D eigenvalue weighted by molar-refractivity contribution is -0.132. The zero-order valence-electron chi connectivity index (χ0n) is 16.5. The molecule has 1 aromatic heterocycles. The van der Waals surface area contributed by atoms with Gasteiger partial charge in [-0.25, -0.2) is 8.42 Å². The Morgan fingerprint density at radius 3 is 2.59 bits per heavy atom. The molecule has 0 saturated carbocycles. The summed E-state index contributed by atoms with van der Waals surface area (Å²) in [7, 11) is 0.849. The van der Waals surface area contributed by atoms with Crippen molar-refractivity contribution in [1.82, 2.24) is 9.80 Å². The lowest BCUT2D eigenvalue weighted by Gasteiger charge is -2.29. The first kappa shape index (κ1) is 19.9. The van der Waals surface area contributed by atoms with Gasteiger partial charge in [-0.2, -0.15) is 0 Å².